The molecule has 0 spiro atoms. The summed E-state index contributed by atoms with van der Waals surface area (Å²) in [5, 5.41) is 40.2. The Hall–Kier alpha value is -0.480. The number of hydrogen-bond donors (Lipinski definition) is 4. The Balaban J connectivity index is 1.90. The molecule has 0 bridgehead atoms. The molecule has 12 nitrogen and oxygen atoms in total. The Morgan fingerprint density at radius 2 is 1.50 bits per heavy atom. The van der Waals surface area contributed by atoms with E-state index >= 15 is 0 Å². The van der Waals surface area contributed by atoms with Gasteiger partial charge in [-0.25, -0.2) is 0 Å². The molecule has 0 aromatic carbocycles. The summed E-state index contributed by atoms with van der Waals surface area (Å²) in [5.41, 5.74) is 0. The van der Waals surface area contributed by atoms with Crippen molar-refractivity contribution in [3.05, 3.63) is 0 Å². The number of methoxy groups -OCH3 is 2. The molecule has 3 saturated heterocycles. The van der Waals surface area contributed by atoms with Gasteiger partial charge in [0.1, 0.15) is 48.8 Å². The van der Waals surface area contributed by atoms with Crippen molar-refractivity contribution in [1.29, 1.82) is 0 Å². The van der Waals surface area contributed by atoms with E-state index in [1.807, 2.05) is 0 Å². The number of rotatable bonds is 8. The van der Waals surface area contributed by atoms with Crippen molar-refractivity contribution in [3.8, 4) is 0 Å². The predicted octanol–water partition coefficient (Wildman–Crippen LogP) is -1.54. The largest absolute Gasteiger partial charge is 0.394 e. The molecule has 0 radical (unpaired) electrons. The van der Waals surface area contributed by atoms with Gasteiger partial charge in [-0.3, -0.25) is 0 Å². The van der Waals surface area contributed by atoms with Gasteiger partial charge in [0.2, 0.25) is 0 Å². The zero-order valence-corrected chi connectivity index (χ0v) is 19.2. The van der Waals surface area contributed by atoms with Crippen molar-refractivity contribution < 1.29 is 58.3 Å². The fourth-order valence-electron chi connectivity index (χ4n) is 4.23. The number of aliphatic hydroxyl groups excluding tert-OH is 4. The van der Waals surface area contributed by atoms with Crippen LogP contribution < -0.4 is 0 Å². The second-order valence-electron chi connectivity index (χ2n) is 9.07. The van der Waals surface area contributed by atoms with Gasteiger partial charge in [-0.15, -0.1) is 0 Å². The van der Waals surface area contributed by atoms with Crippen molar-refractivity contribution >= 4 is 0 Å². The maximum atomic E-state index is 10.5. The molecular weight excluding hydrogens is 432 g/mol. The van der Waals surface area contributed by atoms with Crippen LogP contribution in [0.2, 0.25) is 0 Å². The number of hydrogen-bond acceptors (Lipinski definition) is 12. The van der Waals surface area contributed by atoms with Crippen LogP contribution in [0.5, 0.6) is 0 Å². The maximum Gasteiger partial charge on any atom is 0.187 e. The van der Waals surface area contributed by atoms with Crippen LogP contribution in [0.25, 0.3) is 0 Å². The standard InChI is InChI=1S/C20H36O12/c1-19(2)27-8-10(30-19)14(15-16(18(25-5)26-6)32-20(3,4)31-15)29-17-13(24)12(23)11(22)9(7-21)28-17/h9-18,21-24H,7-8H2,1-6H3/t9-,10-,11-,12+,13-,14-,15+,16-,17-/m1/s1. The first-order chi connectivity index (χ1) is 14.9. The molecule has 12 heteroatoms. The summed E-state index contributed by atoms with van der Waals surface area (Å²) in [6.07, 6.45) is -11.2. The average molecular weight is 468 g/mol. The minimum Gasteiger partial charge on any atom is -0.394 e. The average Bonchev–Trinajstić information content (AvgIpc) is 3.25. The van der Waals surface area contributed by atoms with Crippen molar-refractivity contribution in [2.45, 2.75) is 101 Å². The molecule has 188 valence electrons. The first-order valence-corrected chi connectivity index (χ1v) is 10.6. The minimum atomic E-state index is -1.60. The quantitative estimate of drug-likeness (QED) is 0.305. The first kappa shape index (κ1) is 26.1. The van der Waals surface area contributed by atoms with E-state index in [0.29, 0.717) is 0 Å². The number of ether oxygens (including phenoxy) is 8. The van der Waals surface area contributed by atoms with Gasteiger partial charge in [-0.2, -0.15) is 0 Å². The van der Waals surface area contributed by atoms with E-state index in [-0.39, 0.29) is 6.61 Å². The molecule has 3 heterocycles. The molecule has 32 heavy (non-hydrogen) atoms. The van der Waals surface area contributed by atoms with E-state index in [1.54, 1.807) is 27.7 Å². The lowest BCUT2D eigenvalue weighted by molar-refractivity contribution is -0.328. The van der Waals surface area contributed by atoms with Crippen molar-refractivity contribution in [3.63, 3.8) is 0 Å². The predicted molar refractivity (Wildman–Crippen MR) is 105 cm³/mol. The van der Waals surface area contributed by atoms with E-state index in [1.165, 1.54) is 14.2 Å². The second kappa shape index (κ2) is 10.0. The van der Waals surface area contributed by atoms with E-state index in [0.717, 1.165) is 0 Å². The third-order valence-corrected chi connectivity index (χ3v) is 5.76. The highest BCUT2D eigenvalue weighted by molar-refractivity contribution is 4.97. The molecule has 0 aliphatic carbocycles. The van der Waals surface area contributed by atoms with E-state index < -0.39 is 79.6 Å². The summed E-state index contributed by atoms with van der Waals surface area (Å²) < 4.78 is 46.3. The minimum absolute atomic E-state index is 0.146. The van der Waals surface area contributed by atoms with Crippen LogP contribution in [0.3, 0.4) is 0 Å². The molecule has 0 aromatic rings. The van der Waals surface area contributed by atoms with E-state index in [4.69, 9.17) is 37.9 Å². The highest BCUT2D eigenvalue weighted by atomic mass is 16.8. The highest BCUT2D eigenvalue weighted by Gasteiger charge is 2.55. The molecule has 4 N–H and O–H groups in total. The zero-order chi connectivity index (χ0) is 23.8. The van der Waals surface area contributed by atoms with Crippen LogP contribution in [0, 0.1) is 0 Å². The Bertz CT molecular complexity index is 609. The lowest BCUT2D eigenvalue weighted by atomic mass is 9.98. The molecule has 9 atom stereocenters. The Morgan fingerprint density at radius 1 is 0.875 bits per heavy atom. The summed E-state index contributed by atoms with van der Waals surface area (Å²) in [6, 6.07) is 0. The molecule has 0 aromatic heterocycles. The Morgan fingerprint density at radius 3 is 2.03 bits per heavy atom. The van der Waals surface area contributed by atoms with Crippen LogP contribution in [-0.4, -0.2) is 121 Å². The maximum absolute atomic E-state index is 10.5. The Kier molecular flexibility index (Phi) is 8.18. The summed E-state index contributed by atoms with van der Waals surface area (Å²) in [4.78, 5) is 0. The normalized spacial score (nSPS) is 42.5. The summed E-state index contributed by atoms with van der Waals surface area (Å²) >= 11 is 0. The van der Waals surface area contributed by atoms with Gasteiger partial charge in [0.25, 0.3) is 0 Å². The van der Waals surface area contributed by atoms with Crippen molar-refractivity contribution in [1.82, 2.24) is 0 Å². The topological polar surface area (TPSA) is 155 Å². The van der Waals surface area contributed by atoms with Gasteiger partial charge in [0.15, 0.2) is 24.2 Å². The van der Waals surface area contributed by atoms with Gasteiger partial charge in [0.05, 0.1) is 13.2 Å². The molecular formula is C20H36O12. The highest BCUT2D eigenvalue weighted by Crippen LogP contribution is 2.38. The smallest absolute Gasteiger partial charge is 0.187 e. The fourth-order valence-corrected chi connectivity index (χ4v) is 4.23. The third-order valence-electron chi connectivity index (χ3n) is 5.76. The molecule has 0 saturated carbocycles. The molecule has 0 unspecified atom stereocenters. The fraction of sp³-hybridized carbons (Fsp3) is 1.00. The molecule has 3 aliphatic rings. The monoisotopic (exact) mass is 468 g/mol. The SMILES string of the molecule is COC(OC)[C@@H]1OC(C)(C)O[C@H]1[C@H](O[C@H]1O[C@H](CO)[C@@H](O)[C@H](O)[C@H]1O)[C@H]1COC(C)(C)O1. The van der Waals surface area contributed by atoms with E-state index in [2.05, 4.69) is 0 Å². The lowest BCUT2D eigenvalue weighted by Gasteiger charge is -2.42. The molecule has 3 rings (SSSR count). The van der Waals surface area contributed by atoms with Gasteiger partial charge in [0, 0.05) is 14.2 Å². The summed E-state index contributed by atoms with van der Waals surface area (Å²) in [6.45, 7) is 6.51. The van der Waals surface area contributed by atoms with Crippen molar-refractivity contribution in [2.75, 3.05) is 27.4 Å². The van der Waals surface area contributed by atoms with Crippen LogP contribution in [0.15, 0.2) is 0 Å². The second-order valence-corrected chi connectivity index (χ2v) is 9.07. The van der Waals surface area contributed by atoms with Crippen LogP contribution in [-0.2, 0) is 37.9 Å². The molecule has 0 amide bonds. The Labute approximate surface area is 187 Å². The molecule has 3 aliphatic heterocycles. The summed E-state index contributed by atoms with van der Waals surface area (Å²) in [5.74, 6) is -1.91. The number of aliphatic hydroxyl groups is 4. The van der Waals surface area contributed by atoms with Gasteiger partial charge in [-0.05, 0) is 27.7 Å². The lowest BCUT2D eigenvalue weighted by Crippen LogP contribution is -2.61. The first-order valence-electron chi connectivity index (χ1n) is 10.6. The van der Waals surface area contributed by atoms with Crippen LogP contribution >= 0.6 is 0 Å². The summed E-state index contributed by atoms with van der Waals surface area (Å²) in [7, 11) is 2.93. The van der Waals surface area contributed by atoms with Crippen molar-refractivity contribution in [2.24, 2.45) is 0 Å². The third kappa shape index (κ3) is 5.43. The molecule has 3 fully saturated rings. The van der Waals surface area contributed by atoms with Crippen LogP contribution in [0.4, 0.5) is 0 Å². The van der Waals surface area contributed by atoms with Crippen LogP contribution in [0.1, 0.15) is 27.7 Å². The zero-order valence-electron chi connectivity index (χ0n) is 19.2. The van der Waals surface area contributed by atoms with E-state index in [9.17, 15) is 20.4 Å². The van der Waals surface area contributed by atoms with Gasteiger partial charge >= 0.3 is 0 Å². The van der Waals surface area contributed by atoms with Gasteiger partial charge < -0.3 is 58.3 Å². The van der Waals surface area contributed by atoms with Gasteiger partial charge in [-0.1, -0.05) is 0 Å².